The maximum Gasteiger partial charge on any atom is 0.339 e. The molecule has 2 aromatic heterocycles. The molecular formula is C28H18N2O2. The lowest BCUT2D eigenvalue weighted by molar-refractivity contribution is 0.0605. The number of carbonyl (C=O) groups is 1. The second kappa shape index (κ2) is 7.13. The van der Waals surface area contributed by atoms with Crippen molar-refractivity contribution in [2.45, 2.75) is 0 Å². The molecule has 32 heavy (non-hydrogen) atoms. The van der Waals surface area contributed by atoms with E-state index in [9.17, 15) is 4.79 Å². The Morgan fingerprint density at radius 2 is 1.25 bits per heavy atom. The van der Waals surface area contributed by atoms with Gasteiger partial charge in [0, 0.05) is 33.9 Å². The third-order valence-corrected chi connectivity index (χ3v) is 6.04. The molecule has 0 fully saturated rings. The monoisotopic (exact) mass is 414 g/mol. The summed E-state index contributed by atoms with van der Waals surface area (Å²) >= 11 is 0. The van der Waals surface area contributed by atoms with Gasteiger partial charge in [0.25, 0.3) is 0 Å². The first-order chi connectivity index (χ1) is 15.8. The molecule has 0 atom stereocenters. The third kappa shape index (κ3) is 2.59. The van der Waals surface area contributed by atoms with E-state index in [0.29, 0.717) is 5.56 Å². The molecule has 2 heterocycles. The Hall–Kier alpha value is -4.31. The molecule has 6 aromatic rings. The summed E-state index contributed by atoms with van der Waals surface area (Å²) < 4.78 is 5.30. The van der Waals surface area contributed by atoms with Gasteiger partial charge in [-0.2, -0.15) is 0 Å². The van der Waals surface area contributed by atoms with Crippen LogP contribution in [0.3, 0.4) is 0 Å². The number of aromatic nitrogens is 2. The van der Waals surface area contributed by atoms with Crippen LogP contribution >= 0.6 is 0 Å². The van der Waals surface area contributed by atoms with Crippen LogP contribution in [0.1, 0.15) is 10.4 Å². The van der Waals surface area contributed by atoms with Gasteiger partial charge in [0.2, 0.25) is 0 Å². The number of ether oxygens (including phenoxy) is 1. The van der Waals surface area contributed by atoms with Gasteiger partial charge in [-0.25, -0.2) is 4.79 Å². The Balaban J connectivity index is 2.00. The lowest BCUT2D eigenvalue weighted by Crippen LogP contribution is -2.06. The van der Waals surface area contributed by atoms with Crippen molar-refractivity contribution in [3.05, 3.63) is 96.8 Å². The molecule has 0 spiro atoms. The van der Waals surface area contributed by atoms with Crippen LogP contribution in [0.4, 0.5) is 0 Å². The molecule has 0 bridgehead atoms. The zero-order valence-electron chi connectivity index (χ0n) is 17.4. The van der Waals surface area contributed by atoms with E-state index in [1.807, 2.05) is 42.5 Å². The Morgan fingerprint density at radius 3 is 1.78 bits per heavy atom. The van der Waals surface area contributed by atoms with Gasteiger partial charge in [-0.15, -0.1) is 0 Å². The number of esters is 1. The number of methoxy groups -OCH3 is 1. The van der Waals surface area contributed by atoms with Crippen molar-refractivity contribution in [3.8, 4) is 11.1 Å². The Kier molecular flexibility index (Phi) is 4.12. The molecule has 0 saturated heterocycles. The molecule has 0 aliphatic heterocycles. The fourth-order valence-corrected chi connectivity index (χ4v) is 4.71. The molecule has 0 radical (unpaired) electrons. The summed E-state index contributed by atoms with van der Waals surface area (Å²) in [5, 5.41) is 5.45. The Morgan fingerprint density at radius 1 is 0.688 bits per heavy atom. The SMILES string of the molecule is COC(=O)c1c2c(ccc3cccnc32)c(-c2ccccc2)c2ccc3cccnc3c12. The van der Waals surface area contributed by atoms with Crippen LogP contribution in [0.2, 0.25) is 0 Å². The number of pyridine rings is 2. The number of hydrogen-bond acceptors (Lipinski definition) is 4. The lowest BCUT2D eigenvalue weighted by Gasteiger charge is -2.18. The summed E-state index contributed by atoms with van der Waals surface area (Å²) in [6.07, 6.45) is 3.52. The zero-order valence-corrected chi connectivity index (χ0v) is 17.4. The average Bonchev–Trinajstić information content (AvgIpc) is 2.87. The largest absolute Gasteiger partial charge is 0.465 e. The summed E-state index contributed by atoms with van der Waals surface area (Å²) in [6, 6.07) is 26.4. The van der Waals surface area contributed by atoms with Crippen molar-refractivity contribution >= 4 is 49.3 Å². The highest BCUT2D eigenvalue weighted by Crippen LogP contribution is 2.43. The van der Waals surface area contributed by atoms with Crippen LogP contribution in [0, 0.1) is 0 Å². The van der Waals surface area contributed by atoms with Crippen LogP contribution < -0.4 is 0 Å². The molecule has 152 valence electrons. The smallest absolute Gasteiger partial charge is 0.339 e. The molecule has 6 rings (SSSR count). The van der Waals surface area contributed by atoms with Crippen molar-refractivity contribution in [2.24, 2.45) is 0 Å². The van der Waals surface area contributed by atoms with Crippen LogP contribution in [-0.4, -0.2) is 23.0 Å². The molecule has 4 aromatic carbocycles. The number of rotatable bonds is 2. The van der Waals surface area contributed by atoms with Gasteiger partial charge in [-0.1, -0.05) is 66.7 Å². The van der Waals surface area contributed by atoms with Crippen LogP contribution in [0.25, 0.3) is 54.5 Å². The first kappa shape index (κ1) is 18.5. The van der Waals surface area contributed by atoms with E-state index in [4.69, 9.17) is 4.74 Å². The highest BCUT2D eigenvalue weighted by Gasteiger charge is 2.24. The van der Waals surface area contributed by atoms with Crippen molar-refractivity contribution in [1.82, 2.24) is 9.97 Å². The summed E-state index contributed by atoms with van der Waals surface area (Å²) in [4.78, 5) is 22.7. The minimum absolute atomic E-state index is 0.393. The van der Waals surface area contributed by atoms with Gasteiger partial charge in [-0.3, -0.25) is 9.97 Å². The molecule has 4 heteroatoms. The summed E-state index contributed by atoms with van der Waals surface area (Å²) in [7, 11) is 1.42. The highest BCUT2D eigenvalue weighted by molar-refractivity contribution is 6.31. The first-order valence-corrected chi connectivity index (χ1v) is 10.4. The predicted octanol–water partition coefficient (Wildman–Crippen LogP) is 6.54. The average molecular weight is 414 g/mol. The Labute approximate surface area is 184 Å². The van der Waals surface area contributed by atoms with Gasteiger partial charge in [0.15, 0.2) is 0 Å². The quantitative estimate of drug-likeness (QED) is 0.183. The summed E-state index contributed by atoms with van der Waals surface area (Å²) in [5.74, 6) is -0.393. The van der Waals surface area contributed by atoms with E-state index < -0.39 is 5.97 Å². The molecule has 0 unspecified atom stereocenters. The highest BCUT2D eigenvalue weighted by atomic mass is 16.5. The van der Waals surface area contributed by atoms with Crippen molar-refractivity contribution in [2.75, 3.05) is 7.11 Å². The van der Waals surface area contributed by atoms with E-state index >= 15 is 0 Å². The van der Waals surface area contributed by atoms with E-state index in [0.717, 1.165) is 54.5 Å². The maximum atomic E-state index is 13.3. The van der Waals surface area contributed by atoms with Crippen molar-refractivity contribution in [1.29, 1.82) is 0 Å². The van der Waals surface area contributed by atoms with Gasteiger partial charge in [0.1, 0.15) is 0 Å². The maximum absolute atomic E-state index is 13.3. The second-order valence-corrected chi connectivity index (χ2v) is 7.73. The molecule has 0 amide bonds. The van der Waals surface area contributed by atoms with Crippen LogP contribution in [0.15, 0.2) is 91.3 Å². The summed E-state index contributed by atoms with van der Waals surface area (Å²) in [6.45, 7) is 0. The second-order valence-electron chi connectivity index (χ2n) is 7.73. The van der Waals surface area contributed by atoms with Crippen molar-refractivity contribution in [3.63, 3.8) is 0 Å². The van der Waals surface area contributed by atoms with Gasteiger partial charge in [0.05, 0.1) is 23.7 Å². The molecule has 0 aliphatic carbocycles. The van der Waals surface area contributed by atoms with E-state index in [-0.39, 0.29) is 0 Å². The number of carbonyl (C=O) groups excluding carboxylic acids is 1. The minimum atomic E-state index is -0.393. The van der Waals surface area contributed by atoms with Gasteiger partial charge in [-0.05, 0) is 34.0 Å². The third-order valence-electron chi connectivity index (χ3n) is 6.04. The number of nitrogens with zero attached hydrogens (tertiary/aromatic N) is 2. The molecule has 0 N–H and O–H groups in total. The standard InChI is InChI=1S/C28H18N2O2/c1-32-28(31)25-23-20(13-11-18-9-5-15-29-26(18)23)22(17-7-3-2-4-8-17)21-14-12-19-10-6-16-30-27(19)24(21)25/h2-16H,1H3. The fraction of sp³-hybridized carbons (Fsp3) is 0.0357. The topological polar surface area (TPSA) is 52.1 Å². The molecule has 0 saturated carbocycles. The normalized spacial score (nSPS) is 11.4. The van der Waals surface area contributed by atoms with Crippen LogP contribution in [-0.2, 0) is 4.74 Å². The summed E-state index contributed by atoms with van der Waals surface area (Å²) in [5.41, 5.74) is 4.19. The number of fused-ring (bicyclic) bond motifs is 6. The van der Waals surface area contributed by atoms with E-state index in [2.05, 4.69) is 46.4 Å². The van der Waals surface area contributed by atoms with Gasteiger partial charge >= 0.3 is 5.97 Å². The first-order valence-electron chi connectivity index (χ1n) is 10.4. The van der Waals surface area contributed by atoms with E-state index in [1.165, 1.54) is 7.11 Å². The fourth-order valence-electron chi connectivity index (χ4n) is 4.71. The lowest BCUT2D eigenvalue weighted by atomic mass is 9.86. The number of benzene rings is 4. The number of hydrogen-bond donors (Lipinski definition) is 0. The van der Waals surface area contributed by atoms with Crippen molar-refractivity contribution < 1.29 is 9.53 Å². The zero-order chi connectivity index (χ0) is 21.7. The molecule has 0 aliphatic rings. The Bertz CT molecular complexity index is 1580. The van der Waals surface area contributed by atoms with Gasteiger partial charge < -0.3 is 4.74 Å². The van der Waals surface area contributed by atoms with Crippen LogP contribution in [0.5, 0.6) is 0 Å². The minimum Gasteiger partial charge on any atom is -0.465 e. The van der Waals surface area contributed by atoms with E-state index in [1.54, 1.807) is 12.4 Å². The predicted molar refractivity (Wildman–Crippen MR) is 129 cm³/mol. The molecular weight excluding hydrogens is 396 g/mol. The molecule has 4 nitrogen and oxygen atoms in total.